The van der Waals surface area contributed by atoms with Crippen LogP contribution in [0, 0.1) is 0 Å². The number of benzene rings is 3. The zero-order valence-corrected chi connectivity index (χ0v) is 17.4. The fraction of sp³-hybridized carbons (Fsp3) is 0.154. The molecule has 0 bridgehead atoms. The largest absolute Gasteiger partial charge is 0.493 e. The number of Topliss-reactive ketones (excluding diaryl/α,β-unsaturated/α-hetero) is 2. The van der Waals surface area contributed by atoms with Gasteiger partial charge in [0.15, 0.2) is 23.1 Å². The van der Waals surface area contributed by atoms with E-state index < -0.39 is 0 Å². The van der Waals surface area contributed by atoms with Crippen LogP contribution in [0.2, 0.25) is 0 Å². The van der Waals surface area contributed by atoms with Gasteiger partial charge in [-0.15, -0.1) is 0 Å². The van der Waals surface area contributed by atoms with Crippen LogP contribution in [0.4, 0.5) is 0 Å². The van der Waals surface area contributed by atoms with E-state index in [0.717, 1.165) is 33.4 Å². The monoisotopic (exact) mass is 398 g/mol. The van der Waals surface area contributed by atoms with Crippen molar-refractivity contribution in [1.82, 2.24) is 0 Å². The van der Waals surface area contributed by atoms with Crippen molar-refractivity contribution in [2.45, 2.75) is 13.8 Å². The first-order chi connectivity index (χ1) is 14.4. The maximum Gasteiger partial charge on any atom is 0.161 e. The normalized spacial score (nSPS) is 11.5. The lowest BCUT2D eigenvalue weighted by atomic mass is 9.97. The zero-order chi connectivity index (χ0) is 21.4. The second kappa shape index (κ2) is 7.64. The maximum absolute atomic E-state index is 12.0. The number of ketones is 2. The Morgan fingerprint density at radius 1 is 0.667 bits per heavy atom. The van der Waals surface area contributed by atoms with Crippen LogP contribution in [0.5, 0.6) is 11.5 Å². The summed E-state index contributed by atoms with van der Waals surface area (Å²) in [6, 6.07) is 17.2. The number of hydrogen-bond acceptors (Lipinski definition) is 4. The van der Waals surface area contributed by atoms with Crippen molar-refractivity contribution in [3.8, 4) is 22.6 Å². The summed E-state index contributed by atoms with van der Waals surface area (Å²) in [4.78, 5) is 24.0. The maximum atomic E-state index is 12.0. The highest BCUT2D eigenvalue weighted by Crippen LogP contribution is 2.46. The zero-order valence-electron chi connectivity index (χ0n) is 17.4. The van der Waals surface area contributed by atoms with Crippen LogP contribution >= 0.6 is 0 Å². The van der Waals surface area contributed by atoms with E-state index in [4.69, 9.17) is 9.47 Å². The molecular formula is C26H22O4. The molecule has 0 aromatic heterocycles. The van der Waals surface area contributed by atoms with Crippen molar-refractivity contribution in [3.63, 3.8) is 0 Å². The molecule has 4 heteroatoms. The van der Waals surface area contributed by atoms with Crippen molar-refractivity contribution in [2.24, 2.45) is 0 Å². The fourth-order valence-corrected chi connectivity index (χ4v) is 3.85. The van der Waals surface area contributed by atoms with E-state index in [-0.39, 0.29) is 11.6 Å². The quantitative estimate of drug-likeness (QED) is 0.406. The molecule has 150 valence electrons. The average molecular weight is 398 g/mol. The summed E-state index contributed by atoms with van der Waals surface area (Å²) in [6.07, 6.45) is 2.06. The first kappa shape index (κ1) is 19.6. The van der Waals surface area contributed by atoms with E-state index in [0.29, 0.717) is 22.6 Å². The van der Waals surface area contributed by atoms with Crippen molar-refractivity contribution in [1.29, 1.82) is 0 Å². The van der Waals surface area contributed by atoms with Crippen LogP contribution in [0.25, 0.3) is 22.8 Å². The number of rotatable bonds is 5. The predicted molar refractivity (Wildman–Crippen MR) is 118 cm³/mol. The molecule has 0 saturated carbocycles. The van der Waals surface area contributed by atoms with Gasteiger partial charge >= 0.3 is 0 Å². The molecule has 4 rings (SSSR count). The van der Waals surface area contributed by atoms with Gasteiger partial charge in [-0.2, -0.15) is 0 Å². The summed E-state index contributed by atoms with van der Waals surface area (Å²) in [7, 11) is 3.21. The van der Waals surface area contributed by atoms with Crippen LogP contribution in [0.1, 0.15) is 51.3 Å². The fourth-order valence-electron chi connectivity index (χ4n) is 3.85. The molecular weight excluding hydrogens is 376 g/mol. The molecule has 0 heterocycles. The van der Waals surface area contributed by atoms with Gasteiger partial charge in [0.25, 0.3) is 0 Å². The van der Waals surface area contributed by atoms with Crippen LogP contribution in [-0.4, -0.2) is 25.8 Å². The van der Waals surface area contributed by atoms with E-state index >= 15 is 0 Å². The van der Waals surface area contributed by atoms with Gasteiger partial charge in [-0.3, -0.25) is 9.59 Å². The summed E-state index contributed by atoms with van der Waals surface area (Å²) < 4.78 is 10.8. The third-order valence-electron chi connectivity index (χ3n) is 5.44. The predicted octanol–water partition coefficient (Wildman–Crippen LogP) is 5.68. The van der Waals surface area contributed by atoms with Crippen molar-refractivity contribution in [2.75, 3.05) is 14.2 Å². The minimum Gasteiger partial charge on any atom is -0.493 e. The van der Waals surface area contributed by atoms with Crippen molar-refractivity contribution in [3.05, 3.63) is 82.4 Å². The molecule has 0 unspecified atom stereocenters. The number of fused-ring (bicyclic) bond motifs is 3. The molecule has 0 N–H and O–H groups in total. The van der Waals surface area contributed by atoms with Crippen LogP contribution in [0.15, 0.2) is 54.6 Å². The summed E-state index contributed by atoms with van der Waals surface area (Å²) in [6.45, 7) is 3.13. The highest BCUT2D eigenvalue weighted by Gasteiger charge is 2.25. The van der Waals surface area contributed by atoms with Crippen LogP contribution in [-0.2, 0) is 0 Å². The first-order valence-electron chi connectivity index (χ1n) is 9.67. The molecule has 4 nitrogen and oxygen atoms in total. The van der Waals surface area contributed by atoms with Gasteiger partial charge in [-0.1, -0.05) is 30.3 Å². The Hall–Kier alpha value is -3.66. The first-order valence-corrected chi connectivity index (χ1v) is 9.67. The van der Waals surface area contributed by atoms with Crippen molar-refractivity contribution < 1.29 is 19.1 Å². The van der Waals surface area contributed by atoms with E-state index in [2.05, 4.69) is 6.08 Å². The lowest BCUT2D eigenvalue weighted by molar-refractivity contribution is 0.100. The molecule has 3 aromatic rings. The molecule has 0 atom stereocenters. The van der Waals surface area contributed by atoms with Crippen LogP contribution < -0.4 is 9.47 Å². The van der Waals surface area contributed by atoms with Gasteiger partial charge in [0.05, 0.1) is 14.2 Å². The lowest BCUT2D eigenvalue weighted by Crippen LogP contribution is -1.94. The average Bonchev–Trinajstić information content (AvgIpc) is 3.05. The standard InChI is InChI=1S/C26H22O4/c1-15(27)18-6-8-20-21-9-7-19(16(2)28)14-24(21)22(23(20)13-18)11-17-5-10-25(29-3)26(12-17)30-4/h5-14H,1-4H3. The highest BCUT2D eigenvalue weighted by molar-refractivity contribution is 6.10. The second-order valence-corrected chi connectivity index (χ2v) is 7.31. The number of hydrogen-bond donors (Lipinski definition) is 0. The second-order valence-electron chi connectivity index (χ2n) is 7.31. The Labute approximate surface area is 175 Å². The lowest BCUT2D eigenvalue weighted by Gasteiger charge is -2.09. The van der Waals surface area contributed by atoms with E-state index in [1.54, 1.807) is 28.1 Å². The van der Waals surface area contributed by atoms with Gasteiger partial charge in [-0.05, 0) is 77.6 Å². The molecule has 0 radical (unpaired) electrons. The molecule has 30 heavy (non-hydrogen) atoms. The summed E-state index contributed by atoms with van der Waals surface area (Å²) in [5.74, 6) is 1.33. The topological polar surface area (TPSA) is 52.6 Å². The van der Waals surface area contributed by atoms with Gasteiger partial charge in [-0.25, -0.2) is 0 Å². The molecule has 3 aromatic carbocycles. The Morgan fingerprint density at radius 2 is 1.20 bits per heavy atom. The highest BCUT2D eigenvalue weighted by atomic mass is 16.5. The smallest absolute Gasteiger partial charge is 0.161 e. The third kappa shape index (κ3) is 3.30. The molecule has 0 spiro atoms. The third-order valence-corrected chi connectivity index (χ3v) is 5.44. The summed E-state index contributed by atoms with van der Waals surface area (Å²) >= 11 is 0. The number of carbonyl (C=O) groups excluding carboxylic acids is 2. The molecule has 0 aliphatic heterocycles. The number of ether oxygens (including phenoxy) is 2. The van der Waals surface area contributed by atoms with Gasteiger partial charge in [0.2, 0.25) is 0 Å². The molecule has 1 aliphatic rings. The Balaban J connectivity index is 1.95. The van der Waals surface area contributed by atoms with E-state index in [1.165, 1.54) is 0 Å². The SMILES string of the molecule is COc1ccc(C=C2c3cc(C(C)=O)ccc3-c3ccc(C(C)=O)cc32)cc1OC. The number of methoxy groups -OCH3 is 2. The summed E-state index contributed by atoms with van der Waals surface area (Å²) in [5, 5.41) is 0. The molecule has 0 amide bonds. The molecule has 0 fully saturated rings. The Bertz CT molecular complexity index is 1150. The van der Waals surface area contributed by atoms with Gasteiger partial charge in [0.1, 0.15) is 0 Å². The Morgan fingerprint density at radius 3 is 1.67 bits per heavy atom. The van der Waals surface area contributed by atoms with Crippen LogP contribution in [0.3, 0.4) is 0 Å². The van der Waals surface area contributed by atoms with Crippen molar-refractivity contribution >= 4 is 23.2 Å². The molecule has 0 saturated heterocycles. The minimum absolute atomic E-state index is 0.0173. The van der Waals surface area contributed by atoms with Gasteiger partial charge in [0, 0.05) is 11.1 Å². The minimum atomic E-state index is 0.0173. The number of carbonyl (C=O) groups is 2. The van der Waals surface area contributed by atoms with Gasteiger partial charge < -0.3 is 9.47 Å². The molecule has 1 aliphatic carbocycles. The Kier molecular flexibility index (Phi) is 5.00. The van der Waals surface area contributed by atoms with E-state index in [1.807, 2.05) is 54.6 Å². The van der Waals surface area contributed by atoms with E-state index in [9.17, 15) is 9.59 Å². The summed E-state index contributed by atoms with van der Waals surface area (Å²) in [5.41, 5.74) is 7.29.